The van der Waals surface area contributed by atoms with Gasteiger partial charge < -0.3 is 4.90 Å². The van der Waals surface area contributed by atoms with Gasteiger partial charge in [0.25, 0.3) is 0 Å². The van der Waals surface area contributed by atoms with Gasteiger partial charge in [-0.2, -0.15) is 10.5 Å². The van der Waals surface area contributed by atoms with Gasteiger partial charge in [-0.25, -0.2) is 0 Å². The molecule has 2 rings (SSSR count). The molecule has 0 saturated carbocycles. The smallest absolute Gasteiger partial charge is 0.228 e. The molecule has 1 aliphatic heterocycles. The molecule has 1 fully saturated rings. The van der Waals surface area contributed by atoms with E-state index < -0.39 is 0 Å². The second-order valence-corrected chi connectivity index (χ2v) is 3.66. The minimum absolute atomic E-state index is 0.0887. The van der Waals surface area contributed by atoms with Crippen LogP contribution in [0.5, 0.6) is 0 Å². The first-order valence-corrected chi connectivity index (χ1v) is 4.95. The lowest BCUT2D eigenvalue weighted by Crippen LogP contribution is -2.25. The molecular weight excluding hydrogens is 202 g/mol. The average molecular weight is 211 g/mol. The van der Waals surface area contributed by atoms with Gasteiger partial charge in [-0.3, -0.25) is 4.79 Å². The molecule has 0 bridgehead atoms. The summed E-state index contributed by atoms with van der Waals surface area (Å²) in [5.41, 5.74) is 1.07. The summed E-state index contributed by atoms with van der Waals surface area (Å²) < 4.78 is 0. The lowest BCUT2D eigenvalue weighted by molar-refractivity contribution is -0.117. The van der Waals surface area contributed by atoms with Gasteiger partial charge in [0.1, 0.15) is 6.07 Å². The van der Waals surface area contributed by atoms with Crippen LogP contribution in [-0.4, -0.2) is 12.5 Å². The Morgan fingerprint density at radius 1 is 1.31 bits per heavy atom. The number of nitriles is 2. The number of carbonyl (C=O) groups excluding carboxylic acids is 1. The number of hydrogen-bond donors (Lipinski definition) is 0. The van der Waals surface area contributed by atoms with E-state index in [1.54, 1.807) is 24.3 Å². The van der Waals surface area contributed by atoms with Crippen LogP contribution >= 0.6 is 0 Å². The van der Waals surface area contributed by atoms with E-state index in [0.717, 1.165) is 0 Å². The maximum Gasteiger partial charge on any atom is 0.228 e. The molecule has 0 N–H and O–H groups in total. The van der Waals surface area contributed by atoms with Crippen molar-refractivity contribution in [2.75, 3.05) is 11.4 Å². The summed E-state index contributed by atoms with van der Waals surface area (Å²) in [5, 5.41) is 17.7. The fourth-order valence-corrected chi connectivity index (χ4v) is 1.83. The second kappa shape index (κ2) is 4.04. The van der Waals surface area contributed by atoms with Crippen LogP contribution in [-0.2, 0) is 4.79 Å². The van der Waals surface area contributed by atoms with Crippen molar-refractivity contribution in [2.24, 2.45) is 5.92 Å². The fraction of sp³-hybridized carbons (Fsp3) is 0.250. The zero-order valence-electron chi connectivity index (χ0n) is 8.55. The third kappa shape index (κ3) is 1.62. The van der Waals surface area contributed by atoms with E-state index in [1.165, 1.54) is 4.90 Å². The molecule has 4 heteroatoms. The van der Waals surface area contributed by atoms with Crippen molar-refractivity contribution in [1.29, 1.82) is 10.5 Å². The van der Waals surface area contributed by atoms with Crippen molar-refractivity contribution >= 4 is 11.6 Å². The first-order valence-electron chi connectivity index (χ1n) is 4.95. The minimum Gasteiger partial charge on any atom is -0.310 e. The molecule has 0 radical (unpaired) electrons. The number of anilines is 1. The first kappa shape index (κ1) is 10.2. The predicted octanol–water partition coefficient (Wildman–Crippen LogP) is 1.43. The molecule has 0 aliphatic carbocycles. The maximum atomic E-state index is 11.7. The van der Waals surface area contributed by atoms with Gasteiger partial charge in [0.15, 0.2) is 0 Å². The summed E-state index contributed by atoms with van der Waals surface area (Å²) in [6.45, 7) is 0.383. The molecule has 1 aromatic rings. The van der Waals surface area contributed by atoms with Crippen LogP contribution in [0.3, 0.4) is 0 Å². The van der Waals surface area contributed by atoms with Crippen LogP contribution in [0.4, 0.5) is 5.69 Å². The van der Waals surface area contributed by atoms with Gasteiger partial charge in [-0.05, 0) is 12.1 Å². The molecule has 16 heavy (non-hydrogen) atoms. The minimum atomic E-state index is -0.265. The number of carbonyl (C=O) groups is 1. The van der Waals surface area contributed by atoms with Crippen molar-refractivity contribution in [3.8, 4) is 12.1 Å². The van der Waals surface area contributed by atoms with Gasteiger partial charge in [-0.15, -0.1) is 0 Å². The summed E-state index contributed by atoms with van der Waals surface area (Å²) in [5.74, 6) is -0.353. The SMILES string of the molecule is N#Cc1ccccc1N1CC(C#N)CC1=O. The molecule has 1 unspecified atom stereocenters. The highest BCUT2D eigenvalue weighted by atomic mass is 16.2. The number of para-hydroxylation sites is 1. The Morgan fingerprint density at radius 3 is 2.69 bits per heavy atom. The Labute approximate surface area is 93.3 Å². The van der Waals surface area contributed by atoms with Gasteiger partial charge in [-0.1, -0.05) is 12.1 Å². The van der Waals surface area contributed by atoms with Crippen molar-refractivity contribution in [2.45, 2.75) is 6.42 Å². The Kier molecular flexibility index (Phi) is 2.57. The van der Waals surface area contributed by atoms with Crippen LogP contribution < -0.4 is 4.90 Å². The Balaban J connectivity index is 2.36. The summed E-state index contributed by atoms with van der Waals surface area (Å²) in [6, 6.07) is 11.1. The van der Waals surface area contributed by atoms with E-state index in [9.17, 15) is 4.79 Å². The van der Waals surface area contributed by atoms with Gasteiger partial charge in [0, 0.05) is 13.0 Å². The highest BCUT2D eigenvalue weighted by Crippen LogP contribution is 2.27. The van der Waals surface area contributed by atoms with Gasteiger partial charge in [0.2, 0.25) is 5.91 Å². The van der Waals surface area contributed by atoms with Crippen molar-refractivity contribution < 1.29 is 4.79 Å². The Hall–Kier alpha value is -2.33. The summed E-state index contributed by atoms with van der Waals surface area (Å²) in [4.78, 5) is 13.2. The van der Waals surface area contributed by atoms with E-state index >= 15 is 0 Å². The predicted molar refractivity (Wildman–Crippen MR) is 57.2 cm³/mol. The molecule has 1 atom stereocenters. The molecule has 78 valence electrons. The first-order chi connectivity index (χ1) is 7.76. The zero-order chi connectivity index (χ0) is 11.5. The van der Waals surface area contributed by atoms with Crippen LogP contribution in [0, 0.1) is 28.6 Å². The fourth-order valence-electron chi connectivity index (χ4n) is 1.83. The van der Waals surface area contributed by atoms with Crippen LogP contribution in [0.25, 0.3) is 0 Å². The van der Waals surface area contributed by atoms with Crippen LogP contribution in [0.1, 0.15) is 12.0 Å². The third-order valence-corrected chi connectivity index (χ3v) is 2.62. The van der Waals surface area contributed by atoms with Crippen LogP contribution in [0.15, 0.2) is 24.3 Å². The van der Waals surface area contributed by atoms with Crippen LogP contribution in [0.2, 0.25) is 0 Å². The normalized spacial score (nSPS) is 19.2. The maximum absolute atomic E-state index is 11.7. The summed E-state index contributed by atoms with van der Waals surface area (Å²) in [7, 11) is 0. The molecule has 1 aromatic carbocycles. The van der Waals surface area contributed by atoms with E-state index in [0.29, 0.717) is 17.8 Å². The van der Waals surface area contributed by atoms with E-state index in [-0.39, 0.29) is 18.2 Å². The molecule has 0 aromatic heterocycles. The highest BCUT2D eigenvalue weighted by Gasteiger charge is 2.31. The Bertz CT molecular complexity index is 510. The molecule has 1 saturated heterocycles. The van der Waals surface area contributed by atoms with E-state index in [2.05, 4.69) is 6.07 Å². The third-order valence-electron chi connectivity index (χ3n) is 2.62. The molecule has 1 aliphatic rings. The number of rotatable bonds is 1. The molecule has 1 amide bonds. The lowest BCUT2D eigenvalue weighted by atomic mass is 10.1. The largest absolute Gasteiger partial charge is 0.310 e. The quantitative estimate of drug-likeness (QED) is 0.705. The monoisotopic (exact) mass is 211 g/mol. The Morgan fingerprint density at radius 2 is 2.06 bits per heavy atom. The number of amides is 1. The molecule has 1 heterocycles. The highest BCUT2D eigenvalue weighted by molar-refractivity contribution is 5.97. The van der Waals surface area contributed by atoms with Crippen molar-refractivity contribution in [3.05, 3.63) is 29.8 Å². The molecular formula is C12H9N3O. The van der Waals surface area contributed by atoms with Crippen molar-refractivity contribution in [3.63, 3.8) is 0 Å². The average Bonchev–Trinajstić information content (AvgIpc) is 2.70. The molecule has 4 nitrogen and oxygen atoms in total. The zero-order valence-corrected chi connectivity index (χ0v) is 8.55. The number of hydrogen-bond acceptors (Lipinski definition) is 3. The summed E-state index contributed by atoms with van der Waals surface area (Å²) in [6.07, 6.45) is 0.246. The van der Waals surface area contributed by atoms with E-state index in [4.69, 9.17) is 10.5 Å². The second-order valence-electron chi connectivity index (χ2n) is 3.66. The molecule has 0 spiro atoms. The standard InChI is InChI=1S/C12H9N3O/c13-6-9-5-12(16)15(8-9)11-4-2-1-3-10(11)7-14/h1-4,9H,5,8H2. The number of nitrogens with zero attached hydrogens (tertiary/aromatic N) is 3. The van der Waals surface area contributed by atoms with E-state index in [1.807, 2.05) is 6.07 Å². The van der Waals surface area contributed by atoms with Gasteiger partial charge in [0.05, 0.1) is 23.2 Å². The topological polar surface area (TPSA) is 67.9 Å². The lowest BCUT2D eigenvalue weighted by Gasteiger charge is -2.16. The summed E-state index contributed by atoms with van der Waals surface area (Å²) >= 11 is 0. The number of benzene rings is 1. The van der Waals surface area contributed by atoms with Crippen molar-refractivity contribution in [1.82, 2.24) is 0 Å². The van der Waals surface area contributed by atoms with Gasteiger partial charge >= 0.3 is 0 Å².